The zero-order valence-corrected chi connectivity index (χ0v) is 9.34. The summed E-state index contributed by atoms with van der Waals surface area (Å²) in [5.74, 6) is 1.10. The number of hydrogen-bond acceptors (Lipinski definition) is 6. The van der Waals surface area contributed by atoms with E-state index in [-0.39, 0.29) is 19.1 Å². The standard InChI is InChI=1S/C11H10N4O3/c12-4-9-14-11(15-18-9)6-2-1-3-7-10(6)17-5-8(16)13-7/h1-3H,4-5,12H2,(H,13,16). The summed E-state index contributed by atoms with van der Waals surface area (Å²) in [6.45, 7) is 0.158. The first-order chi connectivity index (χ1) is 8.78. The Hall–Kier alpha value is -2.41. The van der Waals surface area contributed by atoms with Crippen LogP contribution in [-0.4, -0.2) is 22.7 Å². The number of hydrogen-bond donors (Lipinski definition) is 2. The SMILES string of the molecule is NCc1nc(-c2cccc3c2OCC(=O)N3)no1. The normalized spacial score (nSPS) is 13.7. The highest BCUT2D eigenvalue weighted by atomic mass is 16.5. The first kappa shape index (κ1) is 10.7. The van der Waals surface area contributed by atoms with Crippen LogP contribution in [0.25, 0.3) is 11.4 Å². The van der Waals surface area contributed by atoms with E-state index in [1.165, 1.54) is 0 Å². The number of nitrogens with zero attached hydrogens (tertiary/aromatic N) is 2. The largest absolute Gasteiger partial charge is 0.481 e. The van der Waals surface area contributed by atoms with Crippen LogP contribution in [-0.2, 0) is 11.3 Å². The molecule has 0 atom stereocenters. The van der Waals surface area contributed by atoms with Crippen LogP contribution in [0, 0.1) is 0 Å². The number of para-hydroxylation sites is 1. The van der Waals surface area contributed by atoms with E-state index in [0.29, 0.717) is 28.7 Å². The molecular weight excluding hydrogens is 236 g/mol. The van der Waals surface area contributed by atoms with E-state index in [4.69, 9.17) is 15.0 Å². The van der Waals surface area contributed by atoms with Crippen molar-refractivity contribution in [1.29, 1.82) is 0 Å². The van der Waals surface area contributed by atoms with Crippen molar-refractivity contribution >= 4 is 11.6 Å². The average molecular weight is 246 g/mol. The van der Waals surface area contributed by atoms with Gasteiger partial charge in [0.15, 0.2) is 12.4 Å². The molecule has 7 nitrogen and oxygen atoms in total. The third-order valence-corrected chi connectivity index (χ3v) is 2.52. The molecule has 0 aliphatic carbocycles. The van der Waals surface area contributed by atoms with Gasteiger partial charge in [-0.1, -0.05) is 11.2 Å². The Morgan fingerprint density at radius 2 is 2.33 bits per heavy atom. The molecule has 1 amide bonds. The van der Waals surface area contributed by atoms with Crippen LogP contribution >= 0.6 is 0 Å². The minimum atomic E-state index is -0.185. The van der Waals surface area contributed by atoms with Crippen molar-refractivity contribution in [1.82, 2.24) is 10.1 Å². The molecular formula is C11H10N4O3. The Labute approximate surface area is 102 Å². The molecule has 18 heavy (non-hydrogen) atoms. The molecule has 0 unspecified atom stereocenters. The minimum absolute atomic E-state index is 0.0222. The highest BCUT2D eigenvalue weighted by molar-refractivity contribution is 5.97. The topological polar surface area (TPSA) is 103 Å². The Bertz CT molecular complexity index is 608. The Balaban J connectivity index is 2.07. The first-order valence-electron chi connectivity index (χ1n) is 5.36. The quantitative estimate of drug-likeness (QED) is 0.800. The van der Waals surface area contributed by atoms with Crippen LogP contribution in [0.3, 0.4) is 0 Å². The van der Waals surface area contributed by atoms with Crippen LogP contribution < -0.4 is 15.8 Å². The van der Waals surface area contributed by atoms with Crippen molar-refractivity contribution < 1.29 is 14.1 Å². The lowest BCUT2D eigenvalue weighted by Crippen LogP contribution is -2.25. The van der Waals surface area contributed by atoms with Gasteiger partial charge in [-0.2, -0.15) is 4.98 Å². The van der Waals surface area contributed by atoms with Crippen LogP contribution in [0.15, 0.2) is 22.7 Å². The molecule has 1 aromatic heterocycles. The molecule has 92 valence electrons. The molecule has 0 saturated heterocycles. The van der Waals surface area contributed by atoms with Crippen LogP contribution in [0.1, 0.15) is 5.89 Å². The summed E-state index contributed by atoms with van der Waals surface area (Å²) in [4.78, 5) is 15.4. The van der Waals surface area contributed by atoms with E-state index >= 15 is 0 Å². The van der Waals surface area contributed by atoms with Gasteiger partial charge in [0.25, 0.3) is 5.91 Å². The molecule has 2 heterocycles. The van der Waals surface area contributed by atoms with Crippen molar-refractivity contribution in [3.8, 4) is 17.1 Å². The maximum atomic E-state index is 11.2. The molecule has 0 bridgehead atoms. The number of anilines is 1. The number of nitrogens with one attached hydrogen (secondary N) is 1. The Morgan fingerprint density at radius 1 is 1.44 bits per heavy atom. The van der Waals surface area contributed by atoms with Crippen molar-refractivity contribution in [2.24, 2.45) is 5.73 Å². The number of fused-ring (bicyclic) bond motifs is 1. The predicted octanol–water partition coefficient (Wildman–Crippen LogP) is 0.526. The monoisotopic (exact) mass is 246 g/mol. The third-order valence-electron chi connectivity index (χ3n) is 2.52. The van der Waals surface area contributed by atoms with Crippen molar-refractivity contribution in [3.63, 3.8) is 0 Å². The Kier molecular flexibility index (Phi) is 2.45. The zero-order chi connectivity index (χ0) is 12.5. The van der Waals surface area contributed by atoms with Gasteiger partial charge in [-0.15, -0.1) is 0 Å². The van der Waals surface area contributed by atoms with E-state index in [1.54, 1.807) is 18.2 Å². The van der Waals surface area contributed by atoms with Gasteiger partial charge in [-0.05, 0) is 12.1 Å². The van der Waals surface area contributed by atoms with Gasteiger partial charge in [0.2, 0.25) is 11.7 Å². The number of amides is 1. The van der Waals surface area contributed by atoms with Gasteiger partial charge in [-0.3, -0.25) is 4.79 Å². The molecule has 0 fully saturated rings. The van der Waals surface area contributed by atoms with Crippen LogP contribution in [0.4, 0.5) is 5.69 Å². The van der Waals surface area contributed by atoms with Crippen molar-refractivity contribution in [2.75, 3.05) is 11.9 Å². The number of rotatable bonds is 2. The molecule has 0 radical (unpaired) electrons. The highest BCUT2D eigenvalue weighted by Gasteiger charge is 2.21. The molecule has 2 aromatic rings. The summed E-state index contributed by atoms with van der Waals surface area (Å²) in [6.07, 6.45) is 0. The van der Waals surface area contributed by atoms with Crippen LogP contribution in [0.5, 0.6) is 5.75 Å². The maximum absolute atomic E-state index is 11.2. The van der Waals surface area contributed by atoms with Crippen LogP contribution in [0.2, 0.25) is 0 Å². The molecule has 0 spiro atoms. The van der Waals surface area contributed by atoms with Gasteiger partial charge in [0.05, 0.1) is 17.8 Å². The van der Waals surface area contributed by atoms with Gasteiger partial charge in [-0.25, -0.2) is 0 Å². The lowest BCUT2D eigenvalue weighted by atomic mass is 10.1. The number of aromatic nitrogens is 2. The van der Waals surface area contributed by atoms with Gasteiger partial charge >= 0.3 is 0 Å². The van der Waals surface area contributed by atoms with Crippen molar-refractivity contribution in [3.05, 3.63) is 24.1 Å². The second-order valence-corrected chi connectivity index (χ2v) is 3.73. The fraction of sp³-hybridized carbons (Fsp3) is 0.182. The highest BCUT2D eigenvalue weighted by Crippen LogP contribution is 2.36. The van der Waals surface area contributed by atoms with Gasteiger partial charge in [0, 0.05) is 0 Å². The lowest BCUT2D eigenvalue weighted by molar-refractivity contribution is -0.118. The number of carbonyl (C=O) groups is 1. The molecule has 1 aromatic carbocycles. The summed E-state index contributed by atoms with van der Waals surface area (Å²) in [5, 5.41) is 6.54. The number of benzene rings is 1. The second-order valence-electron chi connectivity index (χ2n) is 3.73. The third kappa shape index (κ3) is 1.70. The molecule has 7 heteroatoms. The van der Waals surface area contributed by atoms with Gasteiger partial charge in [0.1, 0.15) is 0 Å². The smallest absolute Gasteiger partial charge is 0.262 e. The van der Waals surface area contributed by atoms with E-state index in [1.807, 2.05) is 0 Å². The van der Waals surface area contributed by atoms with E-state index in [2.05, 4.69) is 15.5 Å². The molecule has 3 rings (SSSR count). The molecule has 0 saturated carbocycles. The summed E-state index contributed by atoms with van der Waals surface area (Å²) in [5.41, 5.74) is 6.68. The van der Waals surface area contributed by atoms with E-state index in [0.717, 1.165) is 0 Å². The summed E-state index contributed by atoms with van der Waals surface area (Å²) in [6, 6.07) is 5.32. The summed E-state index contributed by atoms with van der Waals surface area (Å²) in [7, 11) is 0. The molecule has 1 aliphatic heterocycles. The summed E-state index contributed by atoms with van der Waals surface area (Å²) < 4.78 is 10.4. The van der Waals surface area contributed by atoms with Crippen molar-refractivity contribution in [2.45, 2.75) is 6.54 Å². The fourth-order valence-electron chi connectivity index (χ4n) is 1.74. The number of ether oxygens (including phenoxy) is 1. The number of nitrogens with two attached hydrogens (primary N) is 1. The van der Waals surface area contributed by atoms with Gasteiger partial charge < -0.3 is 20.3 Å². The van der Waals surface area contributed by atoms with E-state index < -0.39 is 0 Å². The first-order valence-corrected chi connectivity index (χ1v) is 5.36. The number of carbonyl (C=O) groups excluding carboxylic acids is 1. The average Bonchev–Trinajstić information content (AvgIpc) is 2.86. The molecule has 3 N–H and O–H groups in total. The maximum Gasteiger partial charge on any atom is 0.262 e. The summed E-state index contributed by atoms with van der Waals surface area (Å²) >= 11 is 0. The van der Waals surface area contributed by atoms with E-state index in [9.17, 15) is 4.79 Å². The zero-order valence-electron chi connectivity index (χ0n) is 9.34. The predicted molar refractivity (Wildman–Crippen MR) is 61.8 cm³/mol. The fourth-order valence-corrected chi connectivity index (χ4v) is 1.74. The lowest BCUT2D eigenvalue weighted by Gasteiger charge is -2.19. The minimum Gasteiger partial charge on any atom is -0.481 e. The second kappa shape index (κ2) is 4.11. The molecule has 1 aliphatic rings. The Morgan fingerprint density at radius 3 is 3.11 bits per heavy atom.